The number of amides is 2. The molecular formula is C32H31ClFN3O5S. The highest BCUT2D eigenvalue weighted by atomic mass is 35.5. The van der Waals surface area contributed by atoms with E-state index in [1.54, 1.807) is 18.2 Å². The maximum absolute atomic E-state index is 14.9. The zero-order chi connectivity index (χ0) is 31.0. The van der Waals surface area contributed by atoms with Crippen LogP contribution in [0.25, 0.3) is 0 Å². The average Bonchev–Trinajstić information content (AvgIpc) is 3.02. The minimum Gasteiger partial charge on any atom is -0.497 e. The Hall–Kier alpha value is -4.41. The number of benzene rings is 4. The van der Waals surface area contributed by atoms with Crippen molar-refractivity contribution in [1.82, 2.24) is 10.2 Å². The highest BCUT2D eigenvalue weighted by Gasteiger charge is 2.34. The highest BCUT2D eigenvalue weighted by molar-refractivity contribution is 7.92. The first kappa shape index (κ1) is 31.5. The summed E-state index contributed by atoms with van der Waals surface area (Å²) in [6.07, 6.45) is 0.114. The zero-order valence-electron chi connectivity index (χ0n) is 23.6. The van der Waals surface area contributed by atoms with Crippen LogP contribution in [0.2, 0.25) is 5.02 Å². The van der Waals surface area contributed by atoms with Crippen molar-refractivity contribution in [2.24, 2.45) is 0 Å². The molecule has 0 saturated heterocycles. The molecule has 0 fully saturated rings. The van der Waals surface area contributed by atoms with Gasteiger partial charge in [0.05, 0.1) is 17.7 Å². The van der Waals surface area contributed by atoms with Crippen LogP contribution >= 0.6 is 11.6 Å². The Morgan fingerprint density at radius 1 is 0.930 bits per heavy atom. The van der Waals surface area contributed by atoms with Crippen LogP contribution in [-0.4, -0.2) is 51.9 Å². The molecule has 11 heteroatoms. The number of likely N-dealkylation sites (N-methyl/N-ethyl adjacent to an activating group) is 1. The fourth-order valence-corrected chi connectivity index (χ4v) is 6.16. The number of halogens is 2. The van der Waals surface area contributed by atoms with Crippen LogP contribution in [0.15, 0.2) is 108 Å². The molecule has 0 aliphatic rings. The minimum absolute atomic E-state index is 0.0890. The van der Waals surface area contributed by atoms with E-state index in [2.05, 4.69) is 5.32 Å². The van der Waals surface area contributed by atoms with E-state index in [1.165, 1.54) is 73.7 Å². The molecule has 1 atom stereocenters. The van der Waals surface area contributed by atoms with E-state index in [9.17, 15) is 22.4 Å². The number of rotatable bonds is 12. The van der Waals surface area contributed by atoms with Gasteiger partial charge in [-0.25, -0.2) is 12.8 Å². The summed E-state index contributed by atoms with van der Waals surface area (Å²) in [4.78, 5) is 28.6. The van der Waals surface area contributed by atoms with Crippen molar-refractivity contribution < 1.29 is 27.1 Å². The molecular weight excluding hydrogens is 593 g/mol. The van der Waals surface area contributed by atoms with Crippen molar-refractivity contribution in [3.63, 3.8) is 0 Å². The second kappa shape index (κ2) is 14.2. The maximum atomic E-state index is 14.9. The first-order valence-corrected chi connectivity index (χ1v) is 15.2. The molecule has 4 aromatic rings. The van der Waals surface area contributed by atoms with E-state index in [4.69, 9.17) is 16.3 Å². The average molecular weight is 624 g/mol. The Morgan fingerprint density at radius 3 is 2.23 bits per heavy atom. The zero-order valence-corrected chi connectivity index (χ0v) is 25.2. The van der Waals surface area contributed by atoms with Gasteiger partial charge < -0.3 is 15.0 Å². The number of carbonyl (C=O) groups is 2. The summed E-state index contributed by atoms with van der Waals surface area (Å²) in [7, 11) is -1.41. The Bertz CT molecular complexity index is 1670. The molecule has 1 N–H and O–H groups in total. The van der Waals surface area contributed by atoms with Gasteiger partial charge in [-0.2, -0.15) is 0 Å². The van der Waals surface area contributed by atoms with E-state index >= 15 is 0 Å². The van der Waals surface area contributed by atoms with Crippen LogP contribution in [-0.2, 0) is 32.6 Å². The molecule has 224 valence electrons. The lowest BCUT2D eigenvalue weighted by molar-refractivity contribution is -0.139. The van der Waals surface area contributed by atoms with E-state index in [-0.39, 0.29) is 34.1 Å². The largest absolute Gasteiger partial charge is 0.497 e. The van der Waals surface area contributed by atoms with Crippen LogP contribution < -0.4 is 14.4 Å². The van der Waals surface area contributed by atoms with Crippen molar-refractivity contribution in [2.75, 3.05) is 25.0 Å². The number of sulfonamides is 1. The Balaban J connectivity index is 1.79. The molecule has 4 rings (SSSR count). The van der Waals surface area contributed by atoms with E-state index < -0.39 is 40.2 Å². The Labute approximate surface area is 255 Å². The predicted octanol–water partition coefficient (Wildman–Crippen LogP) is 5.07. The van der Waals surface area contributed by atoms with Crippen LogP contribution in [0, 0.1) is 5.82 Å². The fraction of sp³-hybridized carbons (Fsp3) is 0.188. The SMILES string of the molecule is CNC(=O)[C@@H](Cc1ccccc1)N(Cc1ccccc1F)C(=O)CN(c1cccc(Cl)c1)S(=O)(=O)c1ccc(OC)cc1. The van der Waals surface area contributed by atoms with Gasteiger partial charge in [-0.05, 0) is 54.1 Å². The summed E-state index contributed by atoms with van der Waals surface area (Å²) in [5.74, 6) is -1.31. The molecule has 0 unspecified atom stereocenters. The van der Waals surface area contributed by atoms with Gasteiger partial charge in [0.15, 0.2) is 0 Å². The van der Waals surface area contributed by atoms with Gasteiger partial charge in [-0.3, -0.25) is 13.9 Å². The molecule has 0 bridgehead atoms. The Morgan fingerprint density at radius 2 is 1.60 bits per heavy atom. The Kier molecular flexibility index (Phi) is 10.4. The van der Waals surface area contributed by atoms with Gasteiger partial charge in [0, 0.05) is 30.6 Å². The molecule has 0 saturated carbocycles. The fourth-order valence-electron chi connectivity index (χ4n) is 4.57. The number of hydrogen-bond donors (Lipinski definition) is 1. The normalized spacial score (nSPS) is 11.8. The third-order valence-electron chi connectivity index (χ3n) is 6.84. The van der Waals surface area contributed by atoms with Gasteiger partial charge in [0.2, 0.25) is 11.8 Å². The van der Waals surface area contributed by atoms with Crippen LogP contribution in [0.3, 0.4) is 0 Å². The smallest absolute Gasteiger partial charge is 0.264 e. The van der Waals surface area contributed by atoms with E-state index in [1.807, 2.05) is 30.3 Å². The van der Waals surface area contributed by atoms with Crippen molar-refractivity contribution in [3.8, 4) is 5.75 Å². The van der Waals surface area contributed by atoms with Gasteiger partial charge in [0.1, 0.15) is 24.2 Å². The molecule has 0 radical (unpaired) electrons. The topological polar surface area (TPSA) is 96.0 Å². The molecule has 0 aliphatic heterocycles. The maximum Gasteiger partial charge on any atom is 0.264 e. The standard InChI is InChI=1S/C32H31ClFN3O5S/c1-35-32(39)30(19-23-9-4-3-5-10-23)36(21-24-11-6-7-14-29(24)34)31(38)22-37(26-13-8-12-25(33)20-26)43(40,41)28-17-15-27(42-2)16-18-28/h3-18,20,30H,19,21-22H2,1-2H3,(H,35,39)/t30-/m1/s1. The summed E-state index contributed by atoms with van der Waals surface area (Å²) in [5, 5.41) is 2.85. The highest BCUT2D eigenvalue weighted by Crippen LogP contribution is 2.28. The number of carbonyl (C=O) groups excluding carboxylic acids is 2. The first-order chi connectivity index (χ1) is 20.6. The quantitative estimate of drug-likeness (QED) is 0.238. The summed E-state index contributed by atoms with van der Waals surface area (Å²) in [6, 6.07) is 25.7. The monoisotopic (exact) mass is 623 g/mol. The van der Waals surface area contributed by atoms with Crippen molar-refractivity contribution in [3.05, 3.63) is 125 Å². The molecule has 0 aromatic heterocycles. The number of anilines is 1. The predicted molar refractivity (Wildman–Crippen MR) is 164 cm³/mol. The first-order valence-electron chi connectivity index (χ1n) is 13.3. The van der Waals surface area contributed by atoms with Gasteiger partial charge >= 0.3 is 0 Å². The third kappa shape index (κ3) is 7.71. The number of hydrogen-bond acceptors (Lipinski definition) is 5. The summed E-state index contributed by atoms with van der Waals surface area (Å²) < 4.78 is 48.9. The lowest BCUT2D eigenvalue weighted by atomic mass is 10.0. The summed E-state index contributed by atoms with van der Waals surface area (Å²) in [5.41, 5.74) is 1.08. The molecule has 0 heterocycles. The van der Waals surface area contributed by atoms with Crippen molar-refractivity contribution >= 4 is 39.1 Å². The van der Waals surface area contributed by atoms with Gasteiger partial charge in [-0.15, -0.1) is 0 Å². The van der Waals surface area contributed by atoms with Crippen LogP contribution in [0.4, 0.5) is 10.1 Å². The van der Waals surface area contributed by atoms with Crippen molar-refractivity contribution in [1.29, 1.82) is 0 Å². The second-order valence-electron chi connectivity index (χ2n) is 9.60. The summed E-state index contributed by atoms with van der Waals surface area (Å²) >= 11 is 6.22. The lowest BCUT2D eigenvalue weighted by Gasteiger charge is -2.33. The van der Waals surface area contributed by atoms with Gasteiger partial charge in [0.25, 0.3) is 10.0 Å². The van der Waals surface area contributed by atoms with E-state index in [0.29, 0.717) is 5.75 Å². The summed E-state index contributed by atoms with van der Waals surface area (Å²) in [6.45, 7) is -0.964. The lowest BCUT2D eigenvalue weighted by Crippen LogP contribution is -2.53. The van der Waals surface area contributed by atoms with Gasteiger partial charge in [-0.1, -0.05) is 66.2 Å². The molecule has 43 heavy (non-hydrogen) atoms. The molecule has 0 spiro atoms. The number of nitrogens with one attached hydrogen (secondary N) is 1. The molecule has 0 aliphatic carbocycles. The molecule has 4 aromatic carbocycles. The van der Waals surface area contributed by atoms with Crippen LogP contribution in [0.1, 0.15) is 11.1 Å². The third-order valence-corrected chi connectivity index (χ3v) is 8.86. The van der Waals surface area contributed by atoms with E-state index in [0.717, 1.165) is 9.87 Å². The number of ether oxygens (including phenoxy) is 1. The van der Waals surface area contributed by atoms with Crippen LogP contribution in [0.5, 0.6) is 5.75 Å². The van der Waals surface area contributed by atoms with Crippen molar-refractivity contribution in [2.45, 2.75) is 23.9 Å². The minimum atomic E-state index is -4.32. The second-order valence-corrected chi connectivity index (χ2v) is 11.9. The number of nitrogens with zero attached hydrogens (tertiary/aromatic N) is 2. The number of methoxy groups -OCH3 is 1. The molecule has 2 amide bonds. The molecule has 8 nitrogen and oxygen atoms in total.